The van der Waals surface area contributed by atoms with Crippen LogP contribution in [0.5, 0.6) is 0 Å². The fraction of sp³-hybridized carbons (Fsp3) is 0.500. The van der Waals surface area contributed by atoms with Crippen LogP contribution in [0.3, 0.4) is 0 Å². The van der Waals surface area contributed by atoms with Crippen molar-refractivity contribution in [3.63, 3.8) is 0 Å². The molecule has 2 aromatic carbocycles. The molecule has 0 N–H and O–H groups in total. The van der Waals surface area contributed by atoms with Gasteiger partial charge in [0.2, 0.25) is 0 Å². The predicted molar refractivity (Wildman–Crippen MR) is 144 cm³/mol. The molecule has 0 spiro atoms. The molecule has 0 aliphatic heterocycles. The van der Waals surface area contributed by atoms with Crippen LogP contribution in [0, 0.1) is 18.8 Å². The van der Waals surface area contributed by atoms with Crippen LogP contribution in [-0.2, 0) is 6.42 Å². The molecule has 1 fully saturated rings. The highest BCUT2D eigenvalue weighted by Gasteiger charge is 2.24. The summed E-state index contributed by atoms with van der Waals surface area (Å²) in [5, 5.41) is 0. The molecular formula is C32H44. The van der Waals surface area contributed by atoms with Gasteiger partial charge in [0.25, 0.3) is 0 Å². The van der Waals surface area contributed by atoms with Crippen LogP contribution in [0.2, 0.25) is 0 Å². The zero-order valence-corrected chi connectivity index (χ0v) is 21.3. The van der Waals surface area contributed by atoms with Gasteiger partial charge in [0, 0.05) is 0 Å². The second kappa shape index (κ2) is 11.7. The maximum absolute atomic E-state index is 4.27. The van der Waals surface area contributed by atoms with Crippen molar-refractivity contribution in [1.82, 2.24) is 0 Å². The van der Waals surface area contributed by atoms with Gasteiger partial charge in [-0.15, -0.1) is 0 Å². The van der Waals surface area contributed by atoms with Crippen LogP contribution in [-0.4, -0.2) is 0 Å². The van der Waals surface area contributed by atoms with E-state index < -0.39 is 0 Å². The summed E-state index contributed by atoms with van der Waals surface area (Å²) < 4.78 is 0. The van der Waals surface area contributed by atoms with Gasteiger partial charge in [-0.3, -0.25) is 0 Å². The molecule has 1 unspecified atom stereocenters. The SMILES string of the molecule is C=C(CC)c1ccc(/C(=C(\C)c2ccccc2CCC(C)CC)C2CCCCC2)c(C)c1. The van der Waals surface area contributed by atoms with Crippen molar-refractivity contribution in [3.8, 4) is 0 Å². The molecular weight excluding hydrogens is 384 g/mol. The molecule has 0 bridgehead atoms. The number of rotatable bonds is 9. The van der Waals surface area contributed by atoms with Gasteiger partial charge >= 0.3 is 0 Å². The summed E-state index contributed by atoms with van der Waals surface area (Å²) in [6.07, 6.45) is 11.5. The fourth-order valence-electron chi connectivity index (χ4n) is 5.36. The average molecular weight is 429 g/mol. The van der Waals surface area contributed by atoms with Crippen molar-refractivity contribution in [2.75, 3.05) is 0 Å². The van der Waals surface area contributed by atoms with E-state index in [2.05, 4.69) is 83.7 Å². The first-order chi connectivity index (χ1) is 15.5. The Morgan fingerprint density at radius 2 is 1.72 bits per heavy atom. The molecule has 0 amide bonds. The van der Waals surface area contributed by atoms with Crippen molar-refractivity contribution in [2.24, 2.45) is 11.8 Å². The number of allylic oxidation sites excluding steroid dienone is 3. The summed E-state index contributed by atoms with van der Waals surface area (Å²) in [7, 11) is 0. The van der Waals surface area contributed by atoms with E-state index in [0.717, 1.165) is 12.3 Å². The van der Waals surface area contributed by atoms with E-state index in [-0.39, 0.29) is 0 Å². The molecule has 1 atom stereocenters. The highest BCUT2D eigenvalue weighted by Crippen LogP contribution is 2.42. The lowest BCUT2D eigenvalue weighted by molar-refractivity contribution is 0.429. The third-order valence-electron chi connectivity index (χ3n) is 7.79. The Labute approximate surface area is 197 Å². The van der Waals surface area contributed by atoms with Gasteiger partial charge < -0.3 is 0 Å². The van der Waals surface area contributed by atoms with Gasteiger partial charge in [0.05, 0.1) is 0 Å². The van der Waals surface area contributed by atoms with Crippen molar-refractivity contribution in [1.29, 1.82) is 0 Å². The molecule has 32 heavy (non-hydrogen) atoms. The molecule has 0 nitrogen and oxygen atoms in total. The molecule has 2 aromatic rings. The van der Waals surface area contributed by atoms with Crippen LogP contribution in [0.15, 0.2) is 49.0 Å². The minimum absolute atomic E-state index is 0.672. The van der Waals surface area contributed by atoms with E-state index >= 15 is 0 Å². The Bertz CT molecular complexity index is 936. The van der Waals surface area contributed by atoms with Crippen LogP contribution >= 0.6 is 0 Å². The Morgan fingerprint density at radius 1 is 1.00 bits per heavy atom. The summed E-state index contributed by atoms with van der Waals surface area (Å²) in [5.74, 6) is 1.46. The monoisotopic (exact) mass is 428 g/mol. The van der Waals surface area contributed by atoms with Crippen molar-refractivity contribution in [2.45, 2.75) is 92.4 Å². The quantitative estimate of drug-likeness (QED) is 0.348. The van der Waals surface area contributed by atoms with Gasteiger partial charge in [-0.2, -0.15) is 0 Å². The molecule has 1 saturated carbocycles. The van der Waals surface area contributed by atoms with Crippen LogP contribution in [0.1, 0.15) is 107 Å². The van der Waals surface area contributed by atoms with Crippen molar-refractivity contribution in [3.05, 3.63) is 76.9 Å². The van der Waals surface area contributed by atoms with E-state index in [1.54, 1.807) is 5.57 Å². The second-order valence-corrected chi connectivity index (χ2v) is 10.1. The van der Waals surface area contributed by atoms with Crippen molar-refractivity contribution < 1.29 is 0 Å². The number of aryl methyl sites for hydroxylation is 2. The van der Waals surface area contributed by atoms with Gasteiger partial charge in [-0.05, 0) is 102 Å². The molecule has 1 aliphatic rings. The third kappa shape index (κ3) is 5.83. The first-order valence-electron chi connectivity index (χ1n) is 13.0. The molecule has 0 heteroatoms. The molecule has 0 aromatic heterocycles. The van der Waals surface area contributed by atoms with E-state index in [1.807, 2.05) is 0 Å². The van der Waals surface area contributed by atoms with Crippen molar-refractivity contribution >= 4 is 16.7 Å². The average Bonchev–Trinajstić information content (AvgIpc) is 2.83. The van der Waals surface area contributed by atoms with Crippen LogP contribution in [0.4, 0.5) is 0 Å². The number of hydrogen-bond acceptors (Lipinski definition) is 0. The summed E-state index contributed by atoms with van der Waals surface area (Å²) in [4.78, 5) is 0. The van der Waals surface area contributed by atoms with E-state index in [1.165, 1.54) is 90.3 Å². The Kier molecular flexibility index (Phi) is 8.97. The molecule has 0 radical (unpaired) electrons. The molecule has 0 saturated heterocycles. The zero-order valence-electron chi connectivity index (χ0n) is 21.3. The summed E-state index contributed by atoms with van der Waals surface area (Å²) >= 11 is 0. The van der Waals surface area contributed by atoms with Gasteiger partial charge in [0.15, 0.2) is 0 Å². The highest BCUT2D eigenvalue weighted by atomic mass is 14.3. The van der Waals surface area contributed by atoms with E-state index in [9.17, 15) is 0 Å². The topological polar surface area (TPSA) is 0 Å². The molecule has 3 rings (SSSR count). The largest absolute Gasteiger partial charge is 0.0952 e. The molecule has 172 valence electrons. The minimum atomic E-state index is 0.672. The summed E-state index contributed by atoms with van der Waals surface area (Å²) in [6.45, 7) is 15.8. The highest BCUT2D eigenvalue weighted by molar-refractivity contribution is 5.93. The molecule has 1 aliphatic carbocycles. The predicted octanol–water partition coefficient (Wildman–Crippen LogP) is 9.91. The number of benzene rings is 2. The smallest absolute Gasteiger partial charge is 0.0153 e. The maximum atomic E-state index is 4.27. The fourth-order valence-corrected chi connectivity index (χ4v) is 5.36. The van der Waals surface area contributed by atoms with Gasteiger partial charge in [-0.25, -0.2) is 0 Å². The van der Waals surface area contributed by atoms with E-state index in [4.69, 9.17) is 0 Å². The first-order valence-corrected chi connectivity index (χ1v) is 13.0. The van der Waals surface area contributed by atoms with Gasteiger partial charge in [0.1, 0.15) is 0 Å². The minimum Gasteiger partial charge on any atom is -0.0952 e. The second-order valence-electron chi connectivity index (χ2n) is 10.1. The Morgan fingerprint density at radius 3 is 2.38 bits per heavy atom. The standard InChI is InChI=1S/C32H44/c1-7-23(3)18-19-27-14-12-13-17-31(27)26(6)32(28-15-10-9-11-16-28)30-21-20-29(22-25(30)5)24(4)8-2/h12-14,17,20-23,28H,4,7-11,15-16,18-19H2,1-3,5-6H3/b32-26+. The lowest BCUT2D eigenvalue weighted by Gasteiger charge is -2.29. The number of hydrogen-bond donors (Lipinski definition) is 0. The Hall–Kier alpha value is -2.08. The third-order valence-corrected chi connectivity index (χ3v) is 7.79. The normalized spacial score (nSPS) is 16.5. The molecule has 0 heterocycles. The van der Waals surface area contributed by atoms with Crippen LogP contribution < -0.4 is 0 Å². The first kappa shape index (κ1) is 24.6. The Balaban J connectivity index is 2.09. The van der Waals surface area contributed by atoms with Gasteiger partial charge in [-0.1, -0.05) is 95.5 Å². The zero-order chi connectivity index (χ0) is 23.1. The summed E-state index contributed by atoms with van der Waals surface area (Å²) in [6, 6.07) is 16.2. The van der Waals surface area contributed by atoms with E-state index in [0.29, 0.717) is 5.92 Å². The summed E-state index contributed by atoms with van der Waals surface area (Å²) in [5.41, 5.74) is 11.5. The van der Waals surface area contributed by atoms with Crippen LogP contribution in [0.25, 0.3) is 16.7 Å². The maximum Gasteiger partial charge on any atom is -0.0153 e. The lowest BCUT2D eigenvalue weighted by atomic mass is 9.76. The lowest BCUT2D eigenvalue weighted by Crippen LogP contribution is -2.11.